The molecular weight excluding hydrogens is 380 g/mol. The average molecular weight is 408 g/mol. The van der Waals surface area contributed by atoms with Gasteiger partial charge < -0.3 is 19.7 Å². The van der Waals surface area contributed by atoms with Crippen molar-refractivity contribution in [2.24, 2.45) is 0 Å². The van der Waals surface area contributed by atoms with Gasteiger partial charge in [0.25, 0.3) is 5.91 Å². The molecule has 0 radical (unpaired) electrons. The van der Waals surface area contributed by atoms with E-state index in [9.17, 15) is 9.59 Å². The van der Waals surface area contributed by atoms with Crippen molar-refractivity contribution in [1.82, 2.24) is 5.32 Å². The molecule has 6 nitrogen and oxygen atoms in total. The van der Waals surface area contributed by atoms with Gasteiger partial charge in [0.15, 0.2) is 0 Å². The fraction of sp³-hybridized carbons (Fsp3) is 0.417. The monoisotopic (exact) mass is 408 g/mol. The second-order valence-electron chi connectivity index (χ2n) is 7.81. The van der Waals surface area contributed by atoms with Gasteiger partial charge in [-0.3, -0.25) is 9.59 Å². The number of benzene rings is 2. The Labute approximate surface area is 177 Å². The maximum absolute atomic E-state index is 12.8. The predicted octanol–water partition coefficient (Wildman–Crippen LogP) is 3.64. The van der Waals surface area contributed by atoms with Crippen LogP contribution >= 0.6 is 0 Å². The van der Waals surface area contributed by atoms with Crippen LogP contribution in [0.25, 0.3) is 0 Å². The molecule has 0 saturated carbocycles. The third-order valence-electron chi connectivity index (χ3n) is 5.66. The van der Waals surface area contributed by atoms with Crippen molar-refractivity contribution >= 4 is 17.5 Å². The summed E-state index contributed by atoms with van der Waals surface area (Å²) in [5, 5.41) is 3.00. The predicted molar refractivity (Wildman–Crippen MR) is 115 cm³/mol. The second-order valence-corrected chi connectivity index (χ2v) is 7.81. The van der Waals surface area contributed by atoms with E-state index in [0.29, 0.717) is 31.7 Å². The number of fused-ring (bicyclic) bond motifs is 2. The normalized spacial score (nSPS) is 16.6. The first kappa shape index (κ1) is 20.3. The lowest BCUT2D eigenvalue weighted by Crippen LogP contribution is -2.27. The van der Waals surface area contributed by atoms with Gasteiger partial charge in [-0.05, 0) is 56.2 Å². The fourth-order valence-electron chi connectivity index (χ4n) is 4.18. The summed E-state index contributed by atoms with van der Waals surface area (Å²) in [7, 11) is 0. The maximum atomic E-state index is 12.8. The Morgan fingerprint density at radius 1 is 1.20 bits per heavy atom. The van der Waals surface area contributed by atoms with Crippen LogP contribution in [0, 0.1) is 0 Å². The molecule has 158 valence electrons. The number of amides is 2. The van der Waals surface area contributed by atoms with E-state index in [0.717, 1.165) is 46.7 Å². The minimum Gasteiger partial charge on any atom is -0.494 e. The quantitative estimate of drug-likeness (QED) is 0.793. The van der Waals surface area contributed by atoms with E-state index in [1.165, 1.54) is 0 Å². The highest BCUT2D eigenvalue weighted by Gasteiger charge is 2.25. The number of carbonyl (C=O) groups excluding carboxylic acids is 2. The molecule has 6 heteroatoms. The smallest absolute Gasteiger partial charge is 0.251 e. The molecule has 1 atom stereocenters. The minimum atomic E-state index is -0.143. The molecule has 0 bridgehead atoms. The zero-order valence-corrected chi connectivity index (χ0v) is 17.8. The number of rotatable bonds is 6. The van der Waals surface area contributed by atoms with Gasteiger partial charge in [-0.15, -0.1) is 0 Å². The number of hydrogen-bond acceptors (Lipinski definition) is 4. The van der Waals surface area contributed by atoms with Crippen molar-refractivity contribution in [1.29, 1.82) is 0 Å². The van der Waals surface area contributed by atoms with E-state index in [2.05, 4.69) is 5.32 Å². The van der Waals surface area contributed by atoms with Crippen LogP contribution in [0.3, 0.4) is 0 Å². The van der Waals surface area contributed by atoms with E-state index in [1.54, 1.807) is 11.0 Å². The lowest BCUT2D eigenvalue weighted by molar-refractivity contribution is -0.118. The molecule has 2 heterocycles. The molecule has 2 aliphatic heterocycles. The Morgan fingerprint density at radius 3 is 2.80 bits per heavy atom. The molecule has 0 saturated heterocycles. The van der Waals surface area contributed by atoms with E-state index < -0.39 is 0 Å². The first-order valence-electron chi connectivity index (χ1n) is 10.7. The van der Waals surface area contributed by atoms with E-state index in [-0.39, 0.29) is 17.9 Å². The SMILES string of the molecule is CCOc1cc2c(cc1CNC(=O)c1ccc3c(c1)CCN3C(=O)CC)O[C@@H](C)C2. The second kappa shape index (κ2) is 8.38. The highest BCUT2D eigenvalue weighted by molar-refractivity contribution is 5.98. The Balaban J connectivity index is 1.48. The van der Waals surface area contributed by atoms with Gasteiger partial charge in [-0.25, -0.2) is 0 Å². The third kappa shape index (κ3) is 3.86. The Hall–Kier alpha value is -3.02. The Morgan fingerprint density at radius 2 is 2.03 bits per heavy atom. The topological polar surface area (TPSA) is 67.9 Å². The molecule has 0 spiro atoms. The van der Waals surface area contributed by atoms with Gasteiger partial charge >= 0.3 is 0 Å². The summed E-state index contributed by atoms with van der Waals surface area (Å²) in [6.45, 7) is 7.46. The zero-order chi connectivity index (χ0) is 21.3. The first-order chi connectivity index (χ1) is 14.5. The van der Waals surface area contributed by atoms with Gasteiger partial charge in [-0.1, -0.05) is 6.92 Å². The summed E-state index contributed by atoms with van der Waals surface area (Å²) in [5.74, 6) is 1.63. The highest BCUT2D eigenvalue weighted by Crippen LogP contribution is 2.35. The molecule has 2 aromatic carbocycles. The van der Waals surface area contributed by atoms with Gasteiger partial charge in [0.05, 0.1) is 6.61 Å². The van der Waals surface area contributed by atoms with Crippen LogP contribution in [-0.4, -0.2) is 31.1 Å². The van der Waals surface area contributed by atoms with E-state index in [4.69, 9.17) is 9.47 Å². The molecule has 30 heavy (non-hydrogen) atoms. The molecule has 0 aromatic heterocycles. The van der Waals surface area contributed by atoms with Crippen molar-refractivity contribution in [2.75, 3.05) is 18.1 Å². The summed E-state index contributed by atoms with van der Waals surface area (Å²) in [6, 6.07) is 9.55. The number of hydrogen-bond donors (Lipinski definition) is 1. The number of nitrogens with zero attached hydrogens (tertiary/aromatic N) is 1. The molecule has 0 fully saturated rings. The van der Waals surface area contributed by atoms with Crippen LogP contribution in [0.1, 0.15) is 54.2 Å². The van der Waals surface area contributed by atoms with Gasteiger partial charge in [0, 0.05) is 48.3 Å². The third-order valence-corrected chi connectivity index (χ3v) is 5.66. The highest BCUT2D eigenvalue weighted by atomic mass is 16.5. The van der Waals surface area contributed by atoms with Crippen molar-refractivity contribution in [3.05, 3.63) is 52.6 Å². The molecule has 2 aliphatic rings. The van der Waals surface area contributed by atoms with Gasteiger partial charge in [0.2, 0.25) is 5.91 Å². The first-order valence-corrected chi connectivity index (χ1v) is 10.7. The van der Waals surface area contributed by atoms with Crippen molar-refractivity contribution in [3.8, 4) is 11.5 Å². The van der Waals surface area contributed by atoms with Crippen molar-refractivity contribution < 1.29 is 19.1 Å². The largest absolute Gasteiger partial charge is 0.494 e. The Kier molecular flexibility index (Phi) is 5.66. The molecule has 4 rings (SSSR count). The number of anilines is 1. The molecule has 0 aliphatic carbocycles. The molecule has 2 amide bonds. The fourth-order valence-corrected chi connectivity index (χ4v) is 4.18. The van der Waals surface area contributed by atoms with Gasteiger partial charge in [-0.2, -0.15) is 0 Å². The van der Waals surface area contributed by atoms with Crippen molar-refractivity contribution in [2.45, 2.75) is 52.7 Å². The van der Waals surface area contributed by atoms with E-state index >= 15 is 0 Å². The summed E-state index contributed by atoms with van der Waals surface area (Å²) in [4.78, 5) is 26.6. The lowest BCUT2D eigenvalue weighted by atomic mass is 10.1. The van der Waals surface area contributed by atoms with Crippen LogP contribution in [0.2, 0.25) is 0 Å². The van der Waals surface area contributed by atoms with Crippen molar-refractivity contribution in [3.63, 3.8) is 0 Å². The number of nitrogens with one attached hydrogen (secondary N) is 1. The zero-order valence-electron chi connectivity index (χ0n) is 17.8. The van der Waals surface area contributed by atoms with Gasteiger partial charge in [0.1, 0.15) is 17.6 Å². The molecule has 0 unspecified atom stereocenters. The molecular formula is C24H28N2O4. The van der Waals surface area contributed by atoms with Crippen LogP contribution in [-0.2, 0) is 24.2 Å². The summed E-state index contributed by atoms with van der Waals surface area (Å²) in [5.41, 5.74) is 4.61. The molecule has 1 N–H and O–H groups in total. The summed E-state index contributed by atoms with van der Waals surface area (Å²) >= 11 is 0. The lowest BCUT2D eigenvalue weighted by Gasteiger charge is -2.16. The Bertz CT molecular complexity index is 985. The van der Waals surface area contributed by atoms with Crippen LogP contribution in [0.15, 0.2) is 30.3 Å². The summed E-state index contributed by atoms with van der Waals surface area (Å²) < 4.78 is 11.7. The van der Waals surface area contributed by atoms with E-state index in [1.807, 2.05) is 45.0 Å². The van der Waals surface area contributed by atoms with Crippen LogP contribution < -0.4 is 19.7 Å². The standard InChI is InChI=1S/C24H28N2O4/c1-4-23(27)26-9-8-16-11-17(6-7-20(16)26)24(28)25-14-19-13-22-18(10-15(3)30-22)12-21(19)29-5-2/h6-7,11-13,15H,4-5,8-10,14H2,1-3H3,(H,25,28)/t15-/m0/s1. The maximum Gasteiger partial charge on any atom is 0.251 e. The van der Waals surface area contributed by atoms with Crippen LogP contribution in [0.5, 0.6) is 11.5 Å². The number of carbonyl (C=O) groups is 2. The average Bonchev–Trinajstić information content (AvgIpc) is 3.33. The van der Waals surface area contributed by atoms with Crippen LogP contribution in [0.4, 0.5) is 5.69 Å². The summed E-state index contributed by atoms with van der Waals surface area (Å²) in [6.07, 6.45) is 2.28. The molecule has 2 aromatic rings. The number of ether oxygens (including phenoxy) is 2. The minimum absolute atomic E-state index is 0.113.